The summed E-state index contributed by atoms with van der Waals surface area (Å²) in [6.45, 7) is 2.99. The summed E-state index contributed by atoms with van der Waals surface area (Å²) in [7, 11) is 3.30. The van der Waals surface area contributed by atoms with E-state index < -0.39 is 0 Å². The molecule has 2 heterocycles. The number of hydrogen-bond acceptors (Lipinski definition) is 6. The summed E-state index contributed by atoms with van der Waals surface area (Å²) < 4.78 is 23.4. The second kappa shape index (κ2) is 11.6. The number of hydrazone groups is 1. The molecule has 37 heavy (non-hydrogen) atoms. The third kappa shape index (κ3) is 5.38. The topological polar surface area (TPSA) is 52.5 Å². The minimum absolute atomic E-state index is 0.0945. The van der Waals surface area contributed by atoms with Crippen LogP contribution in [0.25, 0.3) is 0 Å². The van der Waals surface area contributed by atoms with Gasteiger partial charge in [-0.1, -0.05) is 50.8 Å². The molecular weight excluding hydrogens is 464 g/mol. The second-order valence-corrected chi connectivity index (χ2v) is 9.56. The number of benzene rings is 3. The zero-order valence-corrected chi connectivity index (χ0v) is 22.0. The average Bonchev–Trinajstić information content (AvgIpc) is 3.40. The van der Waals surface area contributed by atoms with Gasteiger partial charge in [-0.15, -0.1) is 0 Å². The van der Waals surface area contributed by atoms with Crippen LogP contribution in [0.4, 0.5) is 0 Å². The molecule has 2 aliphatic rings. The molecule has 0 aromatic heterocycles. The Kier molecular flexibility index (Phi) is 7.83. The van der Waals surface area contributed by atoms with Crippen molar-refractivity contribution in [2.24, 2.45) is 5.10 Å². The number of rotatable bonds is 11. The second-order valence-electron chi connectivity index (χ2n) is 9.56. The van der Waals surface area contributed by atoms with Gasteiger partial charge in [-0.2, -0.15) is 5.10 Å². The van der Waals surface area contributed by atoms with Gasteiger partial charge in [-0.05, 0) is 55.0 Å². The van der Waals surface area contributed by atoms with Gasteiger partial charge < -0.3 is 18.9 Å². The Labute approximate surface area is 219 Å². The molecule has 3 aromatic rings. The Bertz CT molecular complexity index is 1220. The van der Waals surface area contributed by atoms with E-state index >= 15 is 0 Å². The van der Waals surface area contributed by atoms with Crippen LogP contribution in [0, 0.1) is 0 Å². The molecule has 0 radical (unpaired) electrons. The summed E-state index contributed by atoms with van der Waals surface area (Å²) in [6.07, 6.45) is 6.61. The minimum Gasteiger partial charge on any atom is -0.494 e. The maximum Gasteiger partial charge on any atom is 0.213 e. The normalized spacial score (nSPS) is 17.9. The quantitative estimate of drug-likeness (QED) is 0.259. The predicted molar refractivity (Wildman–Crippen MR) is 146 cm³/mol. The first kappa shape index (κ1) is 25.0. The molecule has 0 fully saturated rings. The van der Waals surface area contributed by atoms with Crippen molar-refractivity contribution in [3.05, 3.63) is 83.4 Å². The Morgan fingerprint density at radius 2 is 1.68 bits per heavy atom. The van der Waals surface area contributed by atoms with Crippen molar-refractivity contribution >= 4 is 5.71 Å². The van der Waals surface area contributed by atoms with Crippen LogP contribution in [-0.2, 0) is 0 Å². The predicted octanol–water partition coefficient (Wildman–Crippen LogP) is 7.30. The van der Waals surface area contributed by atoms with Crippen molar-refractivity contribution in [3.63, 3.8) is 0 Å². The highest BCUT2D eigenvalue weighted by Crippen LogP contribution is 2.47. The van der Waals surface area contributed by atoms with Crippen LogP contribution in [0.5, 0.6) is 23.0 Å². The monoisotopic (exact) mass is 500 g/mol. The van der Waals surface area contributed by atoms with Crippen LogP contribution in [0.1, 0.15) is 74.4 Å². The molecule has 0 saturated carbocycles. The Balaban J connectivity index is 1.36. The van der Waals surface area contributed by atoms with Crippen molar-refractivity contribution < 1.29 is 18.9 Å². The Morgan fingerprint density at radius 1 is 0.892 bits per heavy atom. The van der Waals surface area contributed by atoms with Crippen LogP contribution < -0.4 is 18.9 Å². The van der Waals surface area contributed by atoms with E-state index in [4.69, 9.17) is 24.0 Å². The summed E-state index contributed by atoms with van der Waals surface area (Å²) in [4.78, 5) is 0. The molecule has 0 spiro atoms. The highest BCUT2D eigenvalue weighted by molar-refractivity contribution is 6.02. The van der Waals surface area contributed by atoms with E-state index in [0.29, 0.717) is 11.5 Å². The summed E-state index contributed by atoms with van der Waals surface area (Å²) in [5.74, 6) is 3.20. The number of unbranched alkanes of at least 4 members (excludes halogenated alkanes) is 4. The number of fused-ring (bicyclic) bond motifs is 3. The van der Waals surface area contributed by atoms with Gasteiger partial charge in [0.05, 0.1) is 32.6 Å². The molecule has 194 valence electrons. The number of ether oxygens (including phenoxy) is 4. The zero-order valence-electron chi connectivity index (χ0n) is 22.0. The fraction of sp³-hybridized carbons (Fsp3) is 0.387. The Hall–Kier alpha value is -3.67. The van der Waals surface area contributed by atoms with Gasteiger partial charge in [0.15, 0.2) is 11.5 Å². The van der Waals surface area contributed by atoms with Crippen LogP contribution in [-0.4, -0.2) is 31.5 Å². The van der Waals surface area contributed by atoms with Crippen molar-refractivity contribution in [1.29, 1.82) is 0 Å². The van der Waals surface area contributed by atoms with Crippen LogP contribution in [0.15, 0.2) is 71.8 Å². The van der Waals surface area contributed by atoms with Crippen LogP contribution >= 0.6 is 0 Å². The summed E-state index contributed by atoms with van der Waals surface area (Å²) >= 11 is 0. The Morgan fingerprint density at radius 3 is 2.46 bits per heavy atom. The maximum absolute atomic E-state index is 6.51. The van der Waals surface area contributed by atoms with Gasteiger partial charge in [0.1, 0.15) is 11.5 Å². The van der Waals surface area contributed by atoms with Crippen molar-refractivity contribution in [2.75, 3.05) is 20.8 Å². The standard InChI is InChI=1S/C31H36N2O4/c1-4-5-6-7-10-19-36-24-16-13-22(14-17-24)31-33-27(25-11-8-9-12-28(25)37-31)21-26(32-33)23-15-18-29(34-2)30(20-23)35-3/h8-9,11-18,20,27,31H,4-7,10,19,21H2,1-3H3/t27-,31-/m1/s1. The van der Waals surface area contributed by atoms with E-state index in [1.807, 2.05) is 42.5 Å². The first-order valence-corrected chi connectivity index (χ1v) is 13.3. The zero-order chi connectivity index (χ0) is 25.6. The first-order chi connectivity index (χ1) is 18.2. The van der Waals surface area contributed by atoms with Gasteiger partial charge in [0.2, 0.25) is 6.23 Å². The highest BCUT2D eigenvalue weighted by atomic mass is 16.5. The molecular formula is C31H36N2O4. The lowest BCUT2D eigenvalue weighted by atomic mass is 9.96. The van der Waals surface area contributed by atoms with E-state index in [2.05, 4.69) is 36.2 Å². The molecule has 6 heteroatoms. The van der Waals surface area contributed by atoms with Crippen molar-refractivity contribution in [1.82, 2.24) is 5.01 Å². The van der Waals surface area contributed by atoms with E-state index in [-0.39, 0.29) is 12.3 Å². The summed E-state index contributed by atoms with van der Waals surface area (Å²) in [5.41, 5.74) is 4.22. The number of nitrogens with zero attached hydrogens (tertiary/aromatic N) is 2. The minimum atomic E-state index is -0.319. The van der Waals surface area contributed by atoms with E-state index in [9.17, 15) is 0 Å². The number of para-hydroxylation sites is 1. The molecule has 6 nitrogen and oxygen atoms in total. The van der Waals surface area contributed by atoms with Gasteiger partial charge >= 0.3 is 0 Å². The van der Waals surface area contributed by atoms with Crippen molar-refractivity contribution in [2.45, 2.75) is 57.7 Å². The SMILES string of the molecule is CCCCCCCOc1ccc([C@H]2Oc3ccccc3[C@H]3CC(c4ccc(OC)c(OC)c4)=NN32)cc1. The van der Waals surface area contributed by atoms with Crippen LogP contribution in [0.3, 0.4) is 0 Å². The van der Waals surface area contributed by atoms with Crippen LogP contribution in [0.2, 0.25) is 0 Å². The number of methoxy groups -OCH3 is 2. The lowest BCUT2D eigenvalue weighted by molar-refractivity contribution is -0.0190. The molecule has 0 aliphatic carbocycles. The molecule has 2 atom stereocenters. The van der Waals surface area contributed by atoms with E-state index in [1.54, 1.807) is 14.2 Å². The van der Waals surface area contributed by atoms with Gasteiger partial charge in [0, 0.05) is 23.1 Å². The fourth-order valence-corrected chi connectivity index (χ4v) is 5.07. The molecule has 0 bridgehead atoms. The number of hydrogen-bond donors (Lipinski definition) is 0. The fourth-order valence-electron chi connectivity index (χ4n) is 5.07. The molecule has 5 rings (SSSR count). The lowest BCUT2D eigenvalue weighted by Gasteiger charge is -2.38. The molecule has 0 saturated heterocycles. The largest absolute Gasteiger partial charge is 0.494 e. The van der Waals surface area contributed by atoms with Gasteiger partial charge in [-0.25, -0.2) is 5.01 Å². The highest BCUT2D eigenvalue weighted by Gasteiger charge is 2.41. The van der Waals surface area contributed by atoms with E-state index in [0.717, 1.165) is 53.3 Å². The molecule has 0 N–H and O–H groups in total. The lowest BCUT2D eigenvalue weighted by Crippen LogP contribution is -2.33. The third-order valence-electron chi connectivity index (χ3n) is 7.10. The molecule has 2 aliphatic heterocycles. The van der Waals surface area contributed by atoms with Gasteiger partial charge in [-0.3, -0.25) is 0 Å². The average molecular weight is 501 g/mol. The smallest absolute Gasteiger partial charge is 0.213 e. The molecule has 0 amide bonds. The van der Waals surface area contributed by atoms with Crippen molar-refractivity contribution in [3.8, 4) is 23.0 Å². The first-order valence-electron chi connectivity index (χ1n) is 13.3. The van der Waals surface area contributed by atoms with E-state index in [1.165, 1.54) is 25.7 Å². The summed E-state index contributed by atoms with van der Waals surface area (Å²) in [6, 6.07) is 22.6. The van der Waals surface area contributed by atoms with Gasteiger partial charge in [0.25, 0.3) is 0 Å². The third-order valence-corrected chi connectivity index (χ3v) is 7.10. The maximum atomic E-state index is 6.51. The molecule has 3 aromatic carbocycles. The molecule has 0 unspecified atom stereocenters. The summed E-state index contributed by atoms with van der Waals surface area (Å²) in [5, 5.41) is 7.17.